The molecule has 2 aromatic carbocycles. The van der Waals surface area contributed by atoms with Crippen LogP contribution < -0.4 is 15.0 Å². The largest absolute Gasteiger partial charge is 0.487 e. The molecule has 1 aromatic heterocycles. The van der Waals surface area contributed by atoms with Crippen molar-refractivity contribution in [3.63, 3.8) is 0 Å². The average Bonchev–Trinajstić information content (AvgIpc) is 3.54. The molecule has 8 nitrogen and oxygen atoms in total. The molecule has 4 unspecified atom stereocenters. The number of hydrogen-bond donors (Lipinski definition) is 1. The maximum absolute atomic E-state index is 6.12. The summed E-state index contributed by atoms with van der Waals surface area (Å²) in [6.45, 7) is 2.35. The zero-order chi connectivity index (χ0) is 21.9. The molecule has 1 N–H and O–H groups in total. The van der Waals surface area contributed by atoms with Crippen LogP contribution in [0.15, 0.2) is 60.8 Å². The molecule has 3 aromatic rings. The molecule has 2 fully saturated rings. The molecule has 0 saturated carbocycles. The molecular weight excluding hydrogens is 406 g/mol. The second kappa shape index (κ2) is 9.28. The van der Waals surface area contributed by atoms with Crippen LogP contribution in [0.25, 0.3) is 0 Å². The Morgan fingerprint density at radius 2 is 1.81 bits per heavy atom. The van der Waals surface area contributed by atoms with Gasteiger partial charge in [-0.05, 0) is 29.8 Å². The molecular formula is C24H29N5O3. The quantitative estimate of drug-likeness (QED) is 0.583. The van der Waals surface area contributed by atoms with E-state index in [9.17, 15) is 0 Å². The van der Waals surface area contributed by atoms with E-state index in [1.54, 1.807) is 0 Å². The predicted octanol–water partition coefficient (Wildman–Crippen LogP) is 2.42. The number of ether oxygens (including phenoxy) is 3. The smallest absolute Gasteiger partial charge is 0.134 e. The van der Waals surface area contributed by atoms with Crippen molar-refractivity contribution >= 4 is 5.69 Å². The molecule has 3 heterocycles. The van der Waals surface area contributed by atoms with Crippen molar-refractivity contribution in [1.82, 2.24) is 20.3 Å². The summed E-state index contributed by atoms with van der Waals surface area (Å²) in [7, 11) is 4.09. The summed E-state index contributed by atoms with van der Waals surface area (Å²) in [5, 5.41) is 12.2. The van der Waals surface area contributed by atoms with Crippen LogP contribution in [-0.4, -0.2) is 60.6 Å². The van der Waals surface area contributed by atoms with Gasteiger partial charge < -0.3 is 24.4 Å². The fourth-order valence-corrected chi connectivity index (χ4v) is 4.26. The molecule has 168 valence electrons. The van der Waals surface area contributed by atoms with Crippen LogP contribution in [0.4, 0.5) is 5.69 Å². The van der Waals surface area contributed by atoms with Crippen molar-refractivity contribution in [3.05, 3.63) is 72.1 Å². The minimum atomic E-state index is -0.0341. The van der Waals surface area contributed by atoms with E-state index >= 15 is 0 Å². The van der Waals surface area contributed by atoms with Gasteiger partial charge in [0.2, 0.25) is 0 Å². The van der Waals surface area contributed by atoms with Gasteiger partial charge >= 0.3 is 0 Å². The number of anilines is 1. The first-order valence-corrected chi connectivity index (χ1v) is 11.0. The van der Waals surface area contributed by atoms with Gasteiger partial charge in [-0.1, -0.05) is 35.5 Å². The second-order valence-corrected chi connectivity index (χ2v) is 8.50. The number of hydrogen-bond acceptors (Lipinski definition) is 7. The number of fused-ring (bicyclic) bond motifs is 1. The van der Waals surface area contributed by atoms with Gasteiger partial charge in [-0.15, -0.1) is 5.10 Å². The summed E-state index contributed by atoms with van der Waals surface area (Å²) >= 11 is 0. The fraction of sp³-hybridized carbons (Fsp3) is 0.417. The maximum atomic E-state index is 6.12. The van der Waals surface area contributed by atoms with Crippen LogP contribution >= 0.6 is 0 Å². The van der Waals surface area contributed by atoms with Gasteiger partial charge in [-0.3, -0.25) is 0 Å². The summed E-state index contributed by atoms with van der Waals surface area (Å²) in [5.74, 6) is 0.815. The lowest BCUT2D eigenvalue weighted by Crippen LogP contribution is -2.40. The Morgan fingerprint density at radius 1 is 1.03 bits per heavy atom. The number of benzene rings is 2. The third-order valence-corrected chi connectivity index (χ3v) is 6.08. The van der Waals surface area contributed by atoms with Gasteiger partial charge in [-0.2, -0.15) is 0 Å². The molecule has 0 spiro atoms. The Kier molecular flexibility index (Phi) is 6.07. The number of aromatic nitrogens is 3. The van der Waals surface area contributed by atoms with Crippen molar-refractivity contribution in [2.75, 3.05) is 32.2 Å². The molecule has 4 atom stereocenters. The van der Waals surface area contributed by atoms with Crippen LogP contribution in [0.1, 0.15) is 17.3 Å². The molecule has 2 aliphatic rings. The van der Waals surface area contributed by atoms with E-state index in [-0.39, 0.29) is 24.3 Å². The lowest BCUT2D eigenvalue weighted by molar-refractivity contribution is 0.0619. The molecule has 0 aliphatic carbocycles. The number of nitrogens with zero attached hydrogens (tertiary/aromatic N) is 4. The minimum absolute atomic E-state index is 0.00858. The first-order valence-electron chi connectivity index (χ1n) is 11.0. The third kappa shape index (κ3) is 4.48. The zero-order valence-electron chi connectivity index (χ0n) is 18.4. The van der Waals surface area contributed by atoms with Crippen LogP contribution in [0, 0.1) is 0 Å². The van der Waals surface area contributed by atoms with E-state index < -0.39 is 0 Å². The number of para-hydroxylation sites is 1. The summed E-state index contributed by atoms with van der Waals surface area (Å²) < 4.78 is 19.9. The van der Waals surface area contributed by atoms with Gasteiger partial charge in [0.15, 0.2) is 0 Å². The Balaban J connectivity index is 1.15. The van der Waals surface area contributed by atoms with Gasteiger partial charge in [0.1, 0.15) is 36.3 Å². The van der Waals surface area contributed by atoms with Crippen molar-refractivity contribution in [2.24, 2.45) is 0 Å². The Labute approximate surface area is 188 Å². The molecule has 0 bridgehead atoms. The van der Waals surface area contributed by atoms with Crippen LogP contribution in [0.5, 0.6) is 5.75 Å². The summed E-state index contributed by atoms with van der Waals surface area (Å²) in [4.78, 5) is 2.10. The molecule has 2 aliphatic heterocycles. The monoisotopic (exact) mass is 435 g/mol. The zero-order valence-corrected chi connectivity index (χ0v) is 18.4. The predicted molar refractivity (Wildman–Crippen MR) is 121 cm³/mol. The van der Waals surface area contributed by atoms with E-state index in [2.05, 4.69) is 44.8 Å². The van der Waals surface area contributed by atoms with E-state index in [1.807, 2.05) is 55.3 Å². The number of nitrogens with one attached hydrogen (secondary N) is 1. The first-order chi connectivity index (χ1) is 15.7. The highest BCUT2D eigenvalue weighted by molar-refractivity contribution is 5.46. The molecule has 8 heteroatoms. The Bertz CT molecular complexity index is 1010. The first kappa shape index (κ1) is 20.9. The van der Waals surface area contributed by atoms with Gasteiger partial charge in [0.25, 0.3) is 0 Å². The van der Waals surface area contributed by atoms with E-state index in [0.717, 1.165) is 18.0 Å². The topological polar surface area (TPSA) is 73.7 Å². The molecule has 5 rings (SSSR count). The number of rotatable bonds is 8. The van der Waals surface area contributed by atoms with Gasteiger partial charge in [-0.25, -0.2) is 4.68 Å². The van der Waals surface area contributed by atoms with Crippen LogP contribution in [-0.2, 0) is 22.6 Å². The highest BCUT2D eigenvalue weighted by atomic mass is 16.6. The maximum Gasteiger partial charge on any atom is 0.134 e. The van der Waals surface area contributed by atoms with E-state index in [4.69, 9.17) is 14.2 Å². The lowest BCUT2D eigenvalue weighted by atomic mass is 10.1. The van der Waals surface area contributed by atoms with Crippen molar-refractivity contribution in [1.29, 1.82) is 0 Å². The molecule has 2 saturated heterocycles. The summed E-state index contributed by atoms with van der Waals surface area (Å²) in [6.07, 6.45) is 1.90. The molecule has 0 amide bonds. The van der Waals surface area contributed by atoms with Crippen LogP contribution in [0.2, 0.25) is 0 Å². The summed E-state index contributed by atoms with van der Waals surface area (Å²) in [5.41, 5.74) is 3.22. The van der Waals surface area contributed by atoms with Crippen molar-refractivity contribution in [2.45, 2.75) is 37.4 Å². The average molecular weight is 436 g/mol. The lowest BCUT2D eigenvalue weighted by Gasteiger charge is -2.18. The minimum Gasteiger partial charge on any atom is -0.487 e. The van der Waals surface area contributed by atoms with Crippen LogP contribution in [0.3, 0.4) is 0 Å². The highest BCUT2D eigenvalue weighted by Crippen LogP contribution is 2.34. The van der Waals surface area contributed by atoms with E-state index in [1.165, 1.54) is 11.3 Å². The SMILES string of the molecule is CN(C)c1ccc(CNC2COC3C2OCC3n2cc(COc3ccccc3)nn2)cc1. The normalized spacial score (nSPS) is 24.4. The third-order valence-electron chi connectivity index (χ3n) is 6.08. The fourth-order valence-electron chi connectivity index (χ4n) is 4.26. The highest BCUT2D eigenvalue weighted by Gasteiger charge is 2.48. The van der Waals surface area contributed by atoms with Crippen molar-refractivity contribution in [3.8, 4) is 5.75 Å². The molecule has 32 heavy (non-hydrogen) atoms. The molecule has 0 radical (unpaired) electrons. The van der Waals surface area contributed by atoms with Gasteiger partial charge in [0.05, 0.1) is 25.5 Å². The van der Waals surface area contributed by atoms with E-state index in [0.29, 0.717) is 19.8 Å². The van der Waals surface area contributed by atoms with Crippen molar-refractivity contribution < 1.29 is 14.2 Å². The standard InChI is InChI=1S/C24H29N5O3/c1-28(2)19-10-8-17(9-11-19)12-25-21-15-31-24-22(16-32-23(21)24)29-13-18(26-27-29)14-30-20-6-4-3-5-7-20/h3-11,13,21-25H,12,14-16H2,1-2H3. The Morgan fingerprint density at radius 3 is 2.59 bits per heavy atom. The second-order valence-electron chi connectivity index (χ2n) is 8.50. The van der Waals surface area contributed by atoms with Gasteiger partial charge in [0, 0.05) is 26.3 Å². The Hall–Kier alpha value is -2.94. The summed E-state index contributed by atoms with van der Waals surface area (Å²) in [6, 6.07) is 18.5.